The Labute approximate surface area is 157 Å². The van der Waals surface area contributed by atoms with E-state index in [1.807, 2.05) is 24.3 Å². The fourth-order valence-electron chi connectivity index (χ4n) is 3.80. The van der Waals surface area contributed by atoms with Gasteiger partial charge in [0.05, 0.1) is 7.11 Å². The van der Waals surface area contributed by atoms with Crippen molar-refractivity contribution in [1.29, 1.82) is 0 Å². The molecule has 1 fully saturated rings. The van der Waals surface area contributed by atoms with E-state index in [0.29, 0.717) is 11.4 Å². The summed E-state index contributed by atoms with van der Waals surface area (Å²) in [5, 5.41) is 5.73. The van der Waals surface area contributed by atoms with E-state index >= 15 is 0 Å². The van der Waals surface area contributed by atoms with Crippen molar-refractivity contribution in [3.8, 4) is 17.0 Å². The van der Waals surface area contributed by atoms with Crippen LogP contribution in [0.4, 0.5) is 0 Å². The predicted molar refractivity (Wildman–Crippen MR) is 103 cm³/mol. The average Bonchev–Trinajstić information content (AvgIpc) is 3.24. The number of ether oxygens (including phenoxy) is 1. The van der Waals surface area contributed by atoms with Gasteiger partial charge < -0.3 is 4.74 Å². The van der Waals surface area contributed by atoms with E-state index in [9.17, 15) is 4.79 Å². The zero-order chi connectivity index (χ0) is 17.9. The van der Waals surface area contributed by atoms with Crippen LogP contribution in [-0.2, 0) is 6.42 Å². The molecule has 1 aromatic carbocycles. The molecule has 1 aliphatic rings. The minimum absolute atomic E-state index is 0.508. The quantitative estimate of drug-likeness (QED) is 0.586. The van der Waals surface area contributed by atoms with Crippen LogP contribution in [0.3, 0.4) is 0 Å². The Morgan fingerprint density at radius 1 is 1.31 bits per heavy atom. The Hall–Kier alpha value is -2.21. The summed E-state index contributed by atoms with van der Waals surface area (Å²) in [4.78, 5) is 17.2. The summed E-state index contributed by atoms with van der Waals surface area (Å²) in [5.41, 5.74) is 2.04. The van der Waals surface area contributed by atoms with Crippen LogP contribution in [0.15, 0.2) is 24.3 Å². The average molecular weight is 369 g/mol. The van der Waals surface area contributed by atoms with Gasteiger partial charge in [-0.3, -0.25) is 4.79 Å². The van der Waals surface area contributed by atoms with Crippen molar-refractivity contribution < 1.29 is 9.53 Å². The molecular formula is C20H23N3O2S. The molecule has 4 rings (SSSR count). The fourth-order valence-corrected chi connectivity index (χ4v) is 4.71. The second kappa shape index (κ2) is 7.58. The number of hydrogen-bond acceptors (Lipinski definition) is 5. The normalized spacial score (nSPS) is 15.4. The van der Waals surface area contributed by atoms with Gasteiger partial charge in [0.15, 0.2) is 6.29 Å². The number of methoxy groups -OCH3 is 1. The smallest absolute Gasteiger partial charge is 0.213 e. The molecule has 0 spiro atoms. The molecule has 0 N–H and O–H groups in total. The zero-order valence-electron chi connectivity index (χ0n) is 15.0. The second-order valence-corrected chi connectivity index (χ2v) is 7.97. The number of imidazole rings is 1. The molecule has 1 aliphatic carbocycles. The molecule has 0 amide bonds. The Morgan fingerprint density at radius 2 is 2.15 bits per heavy atom. The Kier molecular flexibility index (Phi) is 5.02. The summed E-state index contributed by atoms with van der Waals surface area (Å²) in [7, 11) is 1.63. The molecule has 2 heterocycles. The Morgan fingerprint density at radius 3 is 2.92 bits per heavy atom. The molecule has 0 radical (unpaired) electrons. The number of aromatic nitrogens is 3. The van der Waals surface area contributed by atoms with Gasteiger partial charge in [-0.05, 0) is 24.5 Å². The molecule has 26 heavy (non-hydrogen) atoms. The molecule has 0 aliphatic heterocycles. The first-order valence-electron chi connectivity index (χ1n) is 9.26. The highest BCUT2D eigenvalue weighted by Gasteiger charge is 2.19. The van der Waals surface area contributed by atoms with E-state index in [2.05, 4.69) is 10.1 Å². The number of hydrogen-bond donors (Lipinski definition) is 0. The van der Waals surface area contributed by atoms with Crippen molar-refractivity contribution in [2.75, 3.05) is 7.11 Å². The van der Waals surface area contributed by atoms with Crippen LogP contribution in [0.1, 0.15) is 54.0 Å². The third-order valence-electron chi connectivity index (χ3n) is 5.23. The molecule has 3 aromatic rings. The standard InChI is InChI=1S/C20H23N3O2S/c1-25-16-9-5-8-15(12-16)19-17(13-24)23-20(21-19)26-18(22-23)11-10-14-6-3-2-4-7-14/h5,8-9,12-14H,2-4,6-7,10-11H2,1H3. The van der Waals surface area contributed by atoms with Crippen molar-refractivity contribution in [2.24, 2.45) is 5.92 Å². The third kappa shape index (κ3) is 3.38. The van der Waals surface area contributed by atoms with Gasteiger partial charge >= 0.3 is 0 Å². The molecule has 5 nitrogen and oxygen atoms in total. The summed E-state index contributed by atoms with van der Waals surface area (Å²) in [5.74, 6) is 1.58. The summed E-state index contributed by atoms with van der Waals surface area (Å²) in [6.45, 7) is 0. The van der Waals surface area contributed by atoms with E-state index in [1.54, 1.807) is 23.0 Å². The second-order valence-electron chi connectivity index (χ2n) is 6.93. The van der Waals surface area contributed by atoms with Crippen molar-refractivity contribution in [1.82, 2.24) is 14.6 Å². The van der Waals surface area contributed by atoms with Crippen molar-refractivity contribution in [2.45, 2.75) is 44.9 Å². The minimum Gasteiger partial charge on any atom is -0.497 e. The molecule has 6 heteroatoms. The first-order valence-corrected chi connectivity index (χ1v) is 10.1. The van der Waals surface area contributed by atoms with Crippen LogP contribution in [0, 0.1) is 5.92 Å². The summed E-state index contributed by atoms with van der Waals surface area (Å²) in [6.07, 6.45) is 9.83. The van der Waals surface area contributed by atoms with Crippen LogP contribution in [0.5, 0.6) is 5.75 Å². The minimum atomic E-state index is 0.508. The monoisotopic (exact) mass is 369 g/mol. The van der Waals surface area contributed by atoms with Crippen LogP contribution in [-0.4, -0.2) is 28.0 Å². The van der Waals surface area contributed by atoms with Gasteiger partial charge in [-0.2, -0.15) is 9.61 Å². The maximum Gasteiger partial charge on any atom is 0.213 e. The highest BCUT2D eigenvalue weighted by molar-refractivity contribution is 7.16. The van der Waals surface area contributed by atoms with E-state index in [4.69, 9.17) is 4.74 Å². The van der Waals surface area contributed by atoms with E-state index in [1.165, 1.54) is 38.5 Å². The fraction of sp³-hybridized carbons (Fsp3) is 0.450. The van der Waals surface area contributed by atoms with Crippen LogP contribution >= 0.6 is 11.3 Å². The number of fused-ring (bicyclic) bond motifs is 1. The molecule has 0 saturated heterocycles. The molecule has 136 valence electrons. The lowest BCUT2D eigenvalue weighted by atomic mass is 9.86. The number of aldehydes is 1. The van der Waals surface area contributed by atoms with Crippen molar-refractivity contribution in [3.05, 3.63) is 35.0 Å². The van der Waals surface area contributed by atoms with Gasteiger partial charge in [0.25, 0.3) is 0 Å². The Balaban J connectivity index is 1.59. The number of aryl methyl sites for hydroxylation is 1. The molecule has 1 saturated carbocycles. The van der Waals surface area contributed by atoms with Gasteiger partial charge in [-0.1, -0.05) is 55.6 Å². The van der Waals surface area contributed by atoms with E-state index in [0.717, 1.165) is 39.9 Å². The lowest BCUT2D eigenvalue weighted by Gasteiger charge is -2.20. The summed E-state index contributed by atoms with van der Waals surface area (Å²) < 4.78 is 6.98. The Bertz CT molecular complexity index is 909. The van der Waals surface area contributed by atoms with Crippen molar-refractivity contribution >= 4 is 22.6 Å². The molecular weight excluding hydrogens is 346 g/mol. The van der Waals surface area contributed by atoms with Crippen LogP contribution < -0.4 is 4.74 Å². The first-order chi connectivity index (χ1) is 12.8. The zero-order valence-corrected chi connectivity index (χ0v) is 15.8. The number of carbonyl (C=O) groups is 1. The van der Waals surface area contributed by atoms with E-state index < -0.39 is 0 Å². The number of carbonyl (C=O) groups excluding carboxylic acids is 1. The predicted octanol–water partition coefficient (Wildman–Crippen LogP) is 4.79. The molecule has 2 aromatic heterocycles. The maximum atomic E-state index is 11.7. The van der Waals surface area contributed by atoms with Crippen LogP contribution in [0.25, 0.3) is 16.2 Å². The summed E-state index contributed by atoms with van der Waals surface area (Å²) >= 11 is 1.59. The highest BCUT2D eigenvalue weighted by atomic mass is 32.1. The molecule has 0 bridgehead atoms. The van der Waals surface area contributed by atoms with Gasteiger partial charge in [-0.15, -0.1) is 0 Å². The number of benzene rings is 1. The molecule has 0 unspecified atom stereocenters. The SMILES string of the molecule is COc1cccc(-c2nc3sc(CCC4CCCCC4)nn3c2C=O)c1. The maximum absolute atomic E-state index is 11.7. The topological polar surface area (TPSA) is 56.5 Å². The largest absolute Gasteiger partial charge is 0.497 e. The van der Waals surface area contributed by atoms with E-state index in [-0.39, 0.29) is 0 Å². The third-order valence-corrected chi connectivity index (χ3v) is 6.19. The van der Waals surface area contributed by atoms with Gasteiger partial charge in [0, 0.05) is 12.0 Å². The van der Waals surface area contributed by atoms with Crippen molar-refractivity contribution in [3.63, 3.8) is 0 Å². The number of nitrogens with zero attached hydrogens (tertiary/aromatic N) is 3. The summed E-state index contributed by atoms with van der Waals surface area (Å²) in [6, 6.07) is 7.61. The van der Waals surface area contributed by atoms with Gasteiger partial charge in [-0.25, -0.2) is 4.98 Å². The molecule has 0 atom stereocenters. The number of rotatable bonds is 6. The van der Waals surface area contributed by atoms with Gasteiger partial charge in [0.1, 0.15) is 22.1 Å². The first kappa shape index (κ1) is 17.2. The lowest BCUT2D eigenvalue weighted by molar-refractivity contribution is 0.111. The lowest BCUT2D eigenvalue weighted by Crippen LogP contribution is -2.07. The van der Waals surface area contributed by atoms with Crippen LogP contribution in [0.2, 0.25) is 0 Å². The van der Waals surface area contributed by atoms with Gasteiger partial charge in [0.2, 0.25) is 4.96 Å². The highest BCUT2D eigenvalue weighted by Crippen LogP contribution is 2.31.